The van der Waals surface area contributed by atoms with Crippen molar-refractivity contribution in [2.75, 3.05) is 13.7 Å². The number of benzene rings is 1. The maximum Gasteiger partial charge on any atom is 0.274 e. The molecule has 0 aliphatic rings. The lowest BCUT2D eigenvalue weighted by atomic mass is 9.97. The van der Waals surface area contributed by atoms with Crippen molar-refractivity contribution in [3.8, 4) is 0 Å². The van der Waals surface area contributed by atoms with Crippen molar-refractivity contribution in [1.29, 1.82) is 0 Å². The van der Waals surface area contributed by atoms with Crippen LogP contribution in [-0.4, -0.2) is 29.4 Å². The van der Waals surface area contributed by atoms with E-state index in [1.54, 1.807) is 13.2 Å². The second-order valence-electron chi connectivity index (χ2n) is 6.51. The lowest BCUT2D eigenvalue weighted by molar-refractivity contribution is -0.125. The summed E-state index contributed by atoms with van der Waals surface area (Å²) in [5.41, 5.74) is 0.568. The minimum atomic E-state index is -0.137. The quantitative estimate of drug-likeness (QED) is 0.708. The number of fused-ring (bicyclic) bond motifs is 1. The van der Waals surface area contributed by atoms with Crippen molar-refractivity contribution in [3.63, 3.8) is 0 Å². The van der Waals surface area contributed by atoms with Gasteiger partial charge in [0.25, 0.3) is 5.56 Å². The summed E-state index contributed by atoms with van der Waals surface area (Å²) in [5.74, 6) is 0.102. The summed E-state index contributed by atoms with van der Waals surface area (Å²) in [4.78, 5) is 25.1. The summed E-state index contributed by atoms with van der Waals surface area (Å²) in [5, 5.41) is 8.88. The van der Waals surface area contributed by atoms with Crippen molar-refractivity contribution >= 4 is 16.7 Å². The summed E-state index contributed by atoms with van der Waals surface area (Å²) in [7, 11) is 1.59. The predicted octanol–water partition coefficient (Wildman–Crippen LogP) is 2.88. The predicted molar refractivity (Wildman–Crippen MR) is 103 cm³/mol. The van der Waals surface area contributed by atoms with Gasteiger partial charge >= 0.3 is 0 Å². The second-order valence-corrected chi connectivity index (χ2v) is 6.51. The Morgan fingerprint density at radius 3 is 2.46 bits per heavy atom. The van der Waals surface area contributed by atoms with Crippen molar-refractivity contribution in [3.05, 3.63) is 40.3 Å². The Bertz CT molecular complexity index is 779. The van der Waals surface area contributed by atoms with Crippen LogP contribution in [0.4, 0.5) is 0 Å². The van der Waals surface area contributed by atoms with Crippen molar-refractivity contribution in [1.82, 2.24) is 15.1 Å². The normalized spacial score (nSPS) is 11.2. The first-order valence-corrected chi connectivity index (χ1v) is 9.37. The van der Waals surface area contributed by atoms with Crippen LogP contribution in [0.3, 0.4) is 0 Å². The highest BCUT2D eigenvalue weighted by Gasteiger charge is 2.17. The topological polar surface area (TPSA) is 73.2 Å². The molecule has 0 saturated heterocycles. The number of nitrogens with one attached hydrogen (secondary N) is 1. The smallest absolute Gasteiger partial charge is 0.274 e. The summed E-state index contributed by atoms with van der Waals surface area (Å²) in [6.45, 7) is 5.30. The Morgan fingerprint density at radius 1 is 1.19 bits per heavy atom. The van der Waals surface area contributed by atoms with Crippen LogP contribution in [0, 0.1) is 5.92 Å². The lowest BCUT2D eigenvalue weighted by Crippen LogP contribution is -2.32. The van der Waals surface area contributed by atoms with E-state index in [1.807, 2.05) is 18.2 Å². The van der Waals surface area contributed by atoms with E-state index in [9.17, 15) is 9.59 Å². The Morgan fingerprint density at radius 2 is 1.85 bits per heavy atom. The fourth-order valence-electron chi connectivity index (χ4n) is 3.18. The zero-order valence-electron chi connectivity index (χ0n) is 16.0. The minimum absolute atomic E-state index is 0.0376. The number of carbonyl (C=O) groups is 1. The molecule has 0 fully saturated rings. The Labute approximate surface area is 154 Å². The number of aromatic nitrogens is 2. The van der Waals surface area contributed by atoms with Gasteiger partial charge in [0.15, 0.2) is 0 Å². The van der Waals surface area contributed by atoms with Crippen LogP contribution < -0.4 is 10.9 Å². The first-order chi connectivity index (χ1) is 12.6. The molecule has 6 heteroatoms. The van der Waals surface area contributed by atoms with E-state index in [1.165, 1.54) is 4.68 Å². The number of ether oxygens (including phenoxy) is 1. The number of nitrogens with zero attached hydrogens (tertiary/aromatic N) is 2. The number of methoxy groups -OCH3 is 1. The fourth-order valence-corrected chi connectivity index (χ4v) is 3.18. The first-order valence-electron chi connectivity index (χ1n) is 9.37. The molecule has 0 saturated carbocycles. The van der Waals surface area contributed by atoms with Crippen LogP contribution in [0.1, 0.15) is 45.2 Å². The van der Waals surface area contributed by atoms with E-state index in [4.69, 9.17) is 4.74 Å². The second kappa shape index (κ2) is 10.1. The van der Waals surface area contributed by atoms with Gasteiger partial charge in [0, 0.05) is 18.4 Å². The number of rotatable bonds is 10. The highest BCUT2D eigenvalue weighted by atomic mass is 16.5. The molecular weight excluding hydrogens is 330 g/mol. The van der Waals surface area contributed by atoms with Gasteiger partial charge in [-0.2, -0.15) is 5.10 Å². The third-order valence-electron chi connectivity index (χ3n) is 4.53. The molecule has 6 nitrogen and oxygen atoms in total. The maximum atomic E-state index is 12.6. The average Bonchev–Trinajstić information content (AvgIpc) is 2.66. The van der Waals surface area contributed by atoms with Gasteiger partial charge in [-0.05, 0) is 18.9 Å². The van der Waals surface area contributed by atoms with Crippen LogP contribution in [0.25, 0.3) is 10.8 Å². The van der Waals surface area contributed by atoms with Crippen LogP contribution in [0.5, 0.6) is 0 Å². The monoisotopic (exact) mass is 359 g/mol. The highest BCUT2D eigenvalue weighted by Crippen LogP contribution is 2.16. The number of hydrogen-bond donors (Lipinski definition) is 1. The molecule has 0 spiro atoms. The van der Waals surface area contributed by atoms with E-state index >= 15 is 0 Å². The molecule has 0 unspecified atom stereocenters. The molecule has 2 aromatic rings. The summed E-state index contributed by atoms with van der Waals surface area (Å²) >= 11 is 0. The van der Waals surface area contributed by atoms with Crippen LogP contribution >= 0.6 is 0 Å². The Kier molecular flexibility index (Phi) is 7.78. The zero-order chi connectivity index (χ0) is 18.9. The van der Waals surface area contributed by atoms with Gasteiger partial charge < -0.3 is 10.1 Å². The van der Waals surface area contributed by atoms with Gasteiger partial charge in [-0.25, -0.2) is 4.68 Å². The third kappa shape index (κ3) is 4.91. The van der Waals surface area contributed by atoms with Gasteiger partial charge in [0.05, 0.1) is 30.8 Å². The molecular formula is C20H29N3O3. The molecule has 0 atom stereocenters. The van der Waals surface area contributed by atoms with Crippen LogP contribution in [0.2, 0.25) is 0 Å². The van der Waals surface area contributed by atoms with Crippen molar-refractivity contribution < 1.29 is 9.53 Å². The molecule has 0 aliphatic carbocycles. The standard InChI is InChI=1S/C20H29N3O3/c1-4-8-15(9-5-2)19(24)21-14-18-16-10-6-7-11-17(16)20(25)23(22-18)12-13-26-3/h6-7,10-11,15H,4-5,8-9,12-14H2,1-3H3,(H,21,24). The molecule has 0 aliphatic heterocycles. The molecule has 1 heterocycles. The highest BCUT2D eigenvalue weighted by molar-refractivity contribution is 5.84. The van der Waals surface area contributed by atoms with Crippen molar-refractivity contribution in [2.24, 2.45) is 5.92 Å². The van der Waals surface area contributed by atoms with Crippen LogP contribution in [-0.2, 0) is 22.6 Å². The van der Waals surface area contributed by atoms with Crippen LogP contribution in [0.15, 0.2) is 29.1 Å². The molecule has 1 aromatic carbocycles. The minimum Gasteiger partial charge on any atom is -0.383 e. The molecule has 1 N–H and O–H groups in total. The SMILES string of the molecule is CCCC(CCC)C(=O)NCc1nn(CCOC)c(=O)c2ccccc12. The van der Waals surface area contributed by atoms with E-state index in [0.717, 1.165) is 31.1 Å². The molecule has 26 heavy (non-hydrogen) atoms. The first kappa shape index (κ1) is 20.1. The maximum absolute atomic E-state index is 12.6. The van der Waals surface area contributed by atoms with Crippen molar-refractivity contribution in [2.45, 2.75) is 52.6 Å². The fraction of sp³-hybridized carbons (Fsp3) is 0.550. The van der Waals surface area contributed by atoms with E-state index in [2.05, 4.69) is 24.3 Å². The molecule has 0 radical (unpaired) electrons. The third-order valence-corrected chi connectivity index (χ3v) is 4.53. The van der Waals surface area contributed by atoms with Gasteiger partial charge in [-0.15, -0.1) is 0 Å². The largest absolute Gasteiger partial charge is 0.383 e. The number of amides is 1. The van der Waals surface area contributed by atoms with Gasteiger partial charge in [0.1, 0.15) is 0 Å². The summed E-state index contributed by atoms with van der Waals surface area (Å²) in [6, 6.07) is 7.39. The van der Waals surface area contributed by atoms with E-state index < -0.39 is 0 Å². The molecule has 0 bridgehead atoms. The van der Waals surface area contributed by atoms with E-state index in [-0.39, 0.29) is 17.4 Å². The summed E-state index contributed by atoms with van der Waals surface area (Å²) in [6.07, 6.45) is 3.75. The Balaban J connectivity index is 2.26. The molecule has 1 aromatic heterocycles. The number of carbonyl (C=O) groups excluding carboxylic acids is 1. The zero-order valence-corrected chi connectivity index (χ0v) is 16.0. The average molecular weight is 359 g/mol. The van der Waals surface area contributed by atoms with Gasteiger partial charge in [-0.3, -0.25) is 9.59 Å². The lowest BCUT2D eigenvalue weighted by Gasteiger charge is -2.16. The summed E-state index contributed by atoms with van der Waals surface area (Å²) < 4.78 is 6.49. The van der Waals surface area contributed by atoms with Gasteiger partial charge in [-0.1, -0.05) is 44.9 Å². The molecule has 142 valence electrons. The van der Waals surface area contributed by atoms with E-state index in [0.29, 0.717) is 30.8 Å². The number of hydrogen-bond acceptors (Lipinski definition) is 4. The Hall–Kier alpha value is -2.21. The molecule has 1 amide bonds. The van der Waals surface area contributed by atoms with Gasteiger partial charge in [0.2, 0.25) is 5.91 Å². The molecule has 2 rings (SSSR count).